The lowest BCUT2D eigenvalue weighted by molar-refractivity contribution is -0.127. The van der Waals surface area contributed by atoms with Crippen molar-refractivity contribution in [2.45, 2.75) is 39.3 Å². The minimum absolute atomic E-state index is 0.0806. The van der Waals surface area contributed by atoms with Gasteiger partial charge in [0.2, 0.25) is 11.7 Å². The standard InChI is InChI=1S/C14H20N2O4/c1-14(2)6-3-7-15-11(14)12(17)16-8-9-4-5-10(20-9)13(18)19/h4-5,11,15H,3,6-8H2,1-2H3,(H,16,17)(H,18,19). The molecule has 6 heteroatoms. The minimum atomic E-state index is -1.11. The number of aromatic carboxylic acids is 1. The summed E-state index contributed by atoms with van der Waals surface area (Å²) in [6.45, 7) is 5.17. The van der Waals surface area contributed by atoms with Crippen molar-refractivity contribution >= 4 is 11.9 Å². The van der Waals surface area contributed by atoms with Crippen LogP contribution in [-0.2, 0) is 11.3 Å². The van der Waals surface area contributed by atoms with E-state index >= 15 is 0 Å². The number of amides is 1. The van der Waals surface area contributed by atoms with E-state index in [0.717, 1.165) is 19.4 Å². The third kappa shape index (κ3) is 3.19. The van der Waals surface area contributed by atoms with Crippen LogP contribution in [-0.4, -0.2) is 29.6 Å². The Hall–Kier alpha value is -1.82. The Balaban J connectivity index is 1.92. The molecule has 1 aliphatic rings. The minimum Gasteiger partial charge on any atom is -0.475 e. The third-order valence-corrected chi connectivity index (χ3v) is 3.70. The van der Waals surface area contributed by atoms with Crippen LogP contribution in [0.2, 0.25) is 0 Å². The Labute approximate surface area is 117 Å². The Morgan fingerprint density at radius 1 is 1.50 bits per heavy atom. The maximum Gasteiger partial charge on any atom is 0.371 e. The highest BCUT2D eigenvalue weighted by Crippen LogP contribution is 2.30. The number of piperidine rings is 1. The maximum absolute atomic E-state index is 12.2. The molecule has 0 aromatic carbocycles. The van der Waals surface area contributed by atoms with E-state index in [1.807, 2.05) is 0 Å². The van der Waals surface area contributed by atoms with Gasteiger partial charge in [-0.2, -0.15) is 0 Å². The van der Waals surface area contributed by atoms with E-state index in [1.165, 1.54) is 6.07 Å². The second-order valence-electron chi connectivity index (χ2n) is 5.77. The predicted octanol–water partition coefficient (Wildman–Crippen LogP) is 1.37. The molecule has 0 aliphatic carbocycles. The molecule has 1 atom stereocenters. The summed E-state index contributed by atoms with van der Waals surface area (Å²) in [5.74, 6) is -0.879. The third-order valence-electron chi connectivity index (χ3n) is 3.70. The SMILES string of the molecule is CC1(C)CCCNC1C(=O)NCc1ccc(C(=O)O)o1. The molecule has 0 saturated carbocycles. The van der Waals surface area contributed by atoms with Crippen LogP contribution in [0.25, 0.3) is 0 Å². The molecular weight excluding hydrogens is 260 g/mol. The highest BCUT2D eigenvalue weighted by molar-refractivity contribution is 5.84. The Morgan fingerprint density at radius 2 is 2.25 bits per heavy atom. The van der Waals surface area contributed by atoms with Gasteiger partial charge in [0.05, 0.1) is 12.6 Å². The quantitative estimate of drug-likeness (QED) is 0.775. The molecule has 20 heavy (non-hydrogen) atoms. The van der Waals surface area contributed by atoms with Gasteiger partial charge >= 0.3 is 5.97 Å². The Kier molecular flexibility index (Phi) is 4.13. The molecule has 0 radical (unpaired) electrons. The molecule has 0 spiro atoms. The van der Waals surface area contributed by atoms with E-state index < -0.39 is 5.97 Å². The summed E-state index contributed by atoms with van der Waals surface area (Å²) in [6.07, 6.45) is 2.07. The number of rotatable bonds is 4. The fourth-order valence-corrected chi connectivity index (χ4v) is 2.52. The number of hydrogen-bond acceptors (Lipinski definition) is 4. The smallest absolute Gasteiger partial charge is 0.371 e. The number of carbonyl (C=O) groups is 2. The van der Waals surface area contributed by atoms with Gasteiger partial charge in [0.1, 0.15) is 5.76 Å². The van der Waals surface area contributed by atoms with Gasteiger partial charge in [-0.1, -0.05) is 13.8 Å². The topological polar surface area (TPSA) is 91.6 Å². The largest absolute Gasteiger partial charge is 0.475 e. The lowest BCUT2D eigenvalue weighted by Gasteiger charge is -2.38. The van der Waals surface area contributed by atoms with Crippen molar-refractivity contribution in [1.29, 1.82) is 0 Å². The molecule has 6 nitrogen and oxygen atoms in total. The Morgan fingerprint density at radius 3 is 2.85 bits per heavy atom. The van der Waals surface area contributed by atoms with E-state index in [-0.39, 0.29) is 29.7 Å². The van der Waals surface area contributed by atoms with Crippen molar-refractivity contribution in [3.05, 3.63) is 23.7 Å². The number of furan rings is 1. The van der Waals surface area contributed by atoms with Crippen molar-refractivity contribution in [3.8, 4) is 0 Å². The lowest BCUT2D eigenvalue weighted by atomic mass is 9.77. The zero-order valence-electron chi connectivity index (χ0n) is 11.7. The summed E-state index contributed by atoms with van der Waals surface area (Å²) in [5, 5.41) is 14.8. The van der Waals surface area contributed by atoms with E-state index in [2.05, 4.69) is 24.5 Å². The van der Waals surface area contributed by atoms with Crippen LogP contribution in [0.4, 0.5) is 0 Å². The molecule has 1 aromatic heterocycles. The number of hydrogen-bond donors (Lipinski definition) is 3. The van der Waals surface area contributed by atoms with Crippen LogP contribution in [0.1, 0.15) is 43.0 Å². The first-order chi connectivity index (χ1) is 9.40. The van der Waals surface area contributed by atoms with Gasteiger partial charge < -0.3 is 20.2 Å². The molecule has 0 bridgehead atoms. The number of nitrogens with one attached hydrogen (secondary N) is 2. The monoisotopic (exact) mass is 280 g/mol. The average Bonchev–Trinajstić information content (AvgIpc) is 2.84. The first-order valence-corrected chi connectivity index (χ1v) is 6.73. The zero-order valence-corrected chi connectivity index (χ0v) is 11.7. The second-order valence-corrected chi connectivity index (χ2v) is 5.77. The molecule has 1 fully saturated rings. The molecule has 1 amide bonds. The van der Waals surface area contributed by atoms with Gasteiger partial charge in [-0.05, 0) is 36.9 Å². The molecule has 1 aliphatic heterocycles. The number of carboxylic acids is 1. The highest BCUT2D eigenvalue weighted by Gasteiger charge is 2.36. The lowest BCUT2D eigenvalue weighted by Crippen LogP contribution is -2.55. The van der Waals surface area contributed by atoms with Crippen LogP contribution < -0.4 is 10.6 Å². The van der Waals surface area contributed by atoms with Crippen molar-refractivity contribution in [3.63, 3.8) is 0 Å². The Bertz CT molecular complexity index is 507. The normalized spacial score (nSPS) is 21.4. The van der Waals surface area contributed by atoms with Gasteiger partial charge in [-0.25, -0.2) is 4.79 Å². The van der Waals surface area contributed by atoms with E-state index in [9.17, 15) is 9.59 Å². The summed E-state index contributed by atoms with van der Waals surface area (Å²) >= 11 is 0. The molecule has 110 valence electrons. The van der Waals surface area contributed by atoms with Crippen molar-refractivity contribution in [2.24, 2.45) is 5.41 Å². The van der Waals surface area contributed by atoms with Crippen molar-refractivity contribution < 1.29 is 19.1 Å². The molecular formula is C14H20N2O4. The van der Waals surface area contributed by atoms with Crippen LogP contribution in [0.5, 0.6) is 0 Å². The van der Waals surface area contributed by atoms with Crippen LogP contribution >= 0.6 is 0 Å². The maximum atomic E-state index is 12.2. The summed E-state index contributed by atoms with van der Waals surface area (Å²) in [4.78, 5) is 22.9. The number of carboxylic acid groups (broad SMARTS) is 1. The fourth-order valence-electron chi connectivity index (χ4n) is 2.52. The molecule has 2 rings (SSSR count). The average molecular weight is 280 g/mol. The van der Waals surface area contributed by atoms with E-state index in [1.54, 1.807) is 6.07 Å². The zero-order chi connectivity index (χ0) is 14.8. The van der Waals surface area contributed by atoms with Gasteiger partial charge in [0, 0.05) is 0 Å². The summed E-state index contributed by atoms with van der Waals surface area (Å²) in [6, 6.07) is 2.71. The molecule has 1 unspecified atom stereocenters. The predicted molar refractivity (Wildman–Crippen MR) is 72.3 cm³/mol. The van der Waals surface area contributed by atoms with Gasteiger partial charge in [-0.15, -0.1) is 0 Å². The van der Waals surface area contributed by atoms with Crippen molar-refractivity contribution in [2.75, 3.05) is 6.54 Å². The van der Waals surface area contributed by atoms with Crippen LogP contribution in [0.3, 0.4) is 0 Å². The molecule has 3 N–H and O–H groups in total. The summed E-state index contributed by atoms with van der Waals surface area (Å²) < 4.78 is 5.10. The molecule has 2 heterocycles. The van der Waals surface area contributed by atoms with Gasteiger partial charge in [0.25, 0.3) is 0 Å². The van der Waals surface area contributed by atoms with E-state index in [4.69, 9.17) is 9.52 Å². The fraction of sp³-hybridized carbons (Fsp3) is 0.571. The summed E-state index contributed by atoms with van der Waals surface area (Å²) in [7, 11) is 0. The van der Waals surface area contributed by atoms with Gasteiger partial charge in [0.15, 0.2) is 0 Å². The van der Waals surface area contributed by atoms with Gasteiger partial charge in [-0.3, -0.25) is 4.79 Å². The summed E-state index contributed by atoms with van der Waals surface area (Å²) in [5.41, 5.74) is -0.0856. The van der Waals surface area contributed by atoms with Crippen LogP contribution in [0.15, 0.2) is 16.5 Å². The van der Waals surface area contributed by atoms with Crippen LogP contribution in [0, 0.1) is 5.41 Å². The molecule has 1 saturated heterocycles. The number of carbonyl (C=O) groups excluding carboxylic acids is 1. The van der Waals surface area contributed by atoms with Crippen molar-refractivity contribution in [1.82, 2.24) is 10.6 Å². The highest BCUT2D eigenvalue weighted by atomic mass is 16.4. The first-order valence-electron chi connectivity index (χ1n) is 6.73. The second kappa shape index (κ2) is 5.66. The van der Waals surface area contributed by atoms with E-state index in [0.29, 0.717) is 5.76 Å². The first kappa shape index (κ1) is 14.6. The molecule has 1 aromatic rings.